The summed E-state index contributed by atoms with van der Waals surface area (Å²) in [5.41, 5.74) is 5.58. The molecule has 0 aliphatic rings. The second-order valence-electron chi connectivity index (χ2n) is 3.51. The van der Waals surface area contributed by atoms with E-state index in [4.69, 9.17) is 15.6 Å². The minimum Gasteiger partial charge on any atom is -0.480 e. The molecule has 15 heavy (non-hydrogen) atoms. The summed E-state index contributed by atoms with van der Waals surface area (Å²) in [4.78, 5) is 21.3. The monoisotopic (exact) mass is 218 g/mol. The van der Waals surface area contributed by atoms with Crippen molar-refractivity contribution in [1.29, 1.82) is 0 Å². The normalized spacial score (nSPS) is 12.5. The number of nitrogens with two attached hydrogens (primary N) is 1. The van der Waals surface area contributed by atoms with Gasteiger partial charge < -0.3 is 20.9 Å². The number of carboxylic acid groups (broad SMARTS) is 1. The third-order valence-corrected chi connectivity index (χ3v) is 1.79. The molecule has 0 saturated heterocycles. The molecule has 0 aromatic carbocycles. The number of hydrogen-bond donors (Lipinski definition) is 3. The van der Waals surface area contributed by atoms with Crippen molar-refractivity contribution in [3.8, 4) is 0 Å². The molecule has 0 bridgehead atoms. The second kappa shape index (κ2) is 7.19. The van der Waals surface area contributed by atoms with Gasteiger partial charge in [0.1, 0.15) is 6.61 Å². The molecule has 0 rings (SSSR count). The molecule has 0 spiro atoms. The molecule has 1 atom stereocenters. The smallest absolute Gasteiger partial charge is 0.329 e. The van der Waals surface area contributed by atoms with E-state index in [9.17, 15) is 9.59 Å². The summed E-state index contributed by atoms with van der Waals surface area (Å²) < 4.78 is 4.73. The Labute approximate surface area is 88.8 Å². The molecule has 88 valence electrons. The molecule has 1 amide bonds. The van der Waals surface area contributed by atoms with Crippen molar-refractivity contribution in [2.75, 3.05) is 19.8 Å². The van der Waals surface area contributed by atoms with E-state index in [0.29, 0.717) is 0 Å². The maximum absolute atomic E-state index is 11.3. The number of carbonyl (C=O) groups is 2. The van der Waals surface area contributed by atoms with Crippen LogP contribution < -0.4 is 11.1 Å². The number of rotatable bonds is 7. The third-order valence-electron chi connectivity index (χ3n) is 1.79. The van der Waals surface area contributed by atoms with Gasteiger partial charge in [0.2, 0.25) is 5.91 Å². The Balaban J connectivity index is 3.51. The van der Waals surface area contributed by atoms with Crippen LogP contribution in [0.4, 0.5) is 0 Å². The van der Waals surface area contributed by atoms with E-state index in [0.717, 1.165) is 0 Å². The van der Waals surface area contributed by atoms with Gasteiger partial charge in [-0.15, -0.1) is 0 Å². The number of amides is 1. The van der Waals surface area contributed by atoms with Crippen molar-refractivity contribution in [3.05, 3.63) is 0 Å². The highest BCUT2D eigenvalue weighted by atomic mass is 16.5. The average molecular weight is 218 g/mol. The maximum atomic E-state index is 11.3. The first kappa shape index (κ1) is 13.9. The lowest BCUT2D eigenvalue weighted by Gasteiger charge is -2.14. The van der Waals surface area contributed by atoms with E-state index in [1.165, 1.54) is 0 Å². The van der Waals surface area contributed by atoms with Crippen LogP contribution in [0.1, 0.15) is 13.8 Å². The van der Waals surface area contributed by atoms with Gasteiger partial charge in [-0.05, 0) is 5.92 Å². The van der Waals surface area contributed by atoms with E-state index in [-0.39, 0.29) is 31.6 Å². The zero-order valence-electron chi connectivity index (χ0n) is 9.03. The molecule has 0 radical (unpaired) electrons. The highest BCUT2D eigenvalue weighted by Gasteiger charge is 2.16. The number of ether oxygens (including phenoxy) is 1. The van der Waals surface area contributed by atoms with Gasteiger partial charge in [0.15, 0.2) is 0 Å². The minimum absolute atomic E-state index is 0.0740. The van der Waals surface area contributed by atoms with E-state index in [1.54, 1.807) is 0 Å². The number of carbonyl (C=O) groups excluding carboxylic acids is 1. The van der Waals surface area contributed by atoms with E-state index >= 15 is 0 Å². The van der Waals surface area contributed by atoms with Gasteiger partial charge in [0.25, 0.3) is 0 Å². The number of nitrogens with one attached hydrogen (secondary N) is 1. The first-order valence-corrected chi connectivity index (χ1v) is 4.78. The van der Waals surface area contributed by atoms with Crippen LogP contribution in [-0.2, 0) is 14.3 Å². The number of aliphatic carboxylic acids is 1. The summed E-state index contributed by atoms with van der Waals surface area (Å²) in [6, 6.07) is -0.538. The van der Waals surface area contributed by atoms with E-state index in [1.807, 2.05) is 13.8 Å². The van der Waals surface area contributed by atoms with Crippen molar-refractivity contribution < 1.29 is 19.4 Å². The van der Waals surface area contributed by atoms with Gasteiger partial charge in [0, 0.05) is 6.54 Å². The molecule has 0 heterocycles. The lowest BCUT2D eigenvalue weighted by atomic mass is 10.1. The van der Waals surface area contributed by atoms with Crippen LogP contribution in [0.3, 0.4) is 0 Å². The Morgan fingerprint density at radius 1 is 1.47 bits per heavy atom. The van der Waals surface area contributed by atoms with Crippen molar-refractivity contribution in [1.82, 2.24) is 5.32 Å². The molecule has 0 aromatic rings. The summed E-state index contributed by atoms with van der Waals surface area (Å²) in [6.07, 6.45) is 0. The molecule has 6 nitrogen and oxygen atoms in total. The van der Waals surface area contributed by atoms with Crippen LogP contribution in [0.25, 0.3) is 0 Å². The first-order chi connectivity index (χ1) is 6.95. The molecule has 4 N–H and O–H groups in total. The highest BCUT2D eigenvalue weighted by Crippen LogP contribution is 1.97. The lowest BCUT2D eigenvalue weighted by Crippen LogP contribution is -2.44. The molecular formula is C9H18N2O4. The quantitative estimate of drug-likeness (QED) is 0.485. The molecule has 0 aliphatic heterocycles. The van der Waals surface area contributed by atoms with Gasteiger partial charge >= 0.3 is 5.97 Å². The van der Waals surface area contributed by atoms with Gasteiger partial charge in [-0.2, -0.15) is 0 Å². The zero-order chi connectivity index (χ0) is 11.8. The molecule has 6 heteroatoms. The summed E-state index contributed by atoms with van der Waals surface area (Å²) in [5, 5.41) is 10.8. The van der Waals surface area contributed by atoms with Crippen LogP contribution in [0.5, 0.6) is 0 Å². The molecule has 0 fully saturated rings. The Morgan fingerprint density at radius 2 is 2.07 bits per heavy atom. The SMILES string of the molecule is CC(C)[C@H](N)C(=O)NCCOCC(=O)O. The zero-order valence-corrected chi connectivity index (χ0v) is 9.03. The lowest BCUT2D eigenvalue weighted by molar-refractivity contribution is -0.142. The number of carboxylic acids is 1. The van der Waals surface area contributed by atoms with Crippen molar-refractivity contribution >= 4 is 11.9 Å². The summed E-state index contributed by atoms with van der Waals surface area (Å²) in [5.74, 6) is -1.20. The topological polar surface area (TPSA) is 102 Å². The van der Waals surface area contributed by atoms with Gasteiger partial charge in [0.05, 0.1) is 12.6 Å². The molecule has 0 aliphatic carbocycles. The van der Waals surface area contributed by atoms with Crippen LogP contribution >= 0.6 is 0 Å². The summed E-state index contributed by atoms with van der Waals surface area (Å²) in [7, 11) is 0. The van der Waals surface area contributed by atoms with Gasteiger partial charge in [-0.1, -0.05) is 13.8 Å². The Kier molecular flexibility index (Phi) is 6.64. The average Bonchev–Trinajstić information content (AvgIpc) is 2.15. The number of hydrogen-bond acceptors (Lipinski definition) is 4. The fourth-order valence-corrected chi connectivity index (χ4v) is 0.826. The predicted molar refractivity (Wildman–Crippen MR) is 54.3 cm³/mol. The molecule has 0 aromatic heterocycles. The first-order valence-electron chi connectivity index (χ1n) is 4.78. The second-order valence-corrected chi connectivity index (χ2v) is 3.51. The van der Waals surface area contributed by atoms with Crippen molar-refractivity contribution in [2.24, 2.45) is 11.7 Å². The van der Waals surface area contributed by atoms with Crippen LogP contribution in [0, 0.1) is 5.92 Å². The standard InChI is InChI=1S/C9H18N2O4/c1-6(2)8(10)9(14)11-3-4-15-5-7(12)13/h6,8H,3-5,10H2,1-2H3,(H,11,14)(H,12,13)/t8-/m0/s1. The Hall–Kier alpha value is -1.14. The van der Waals surface area contributed by atoms with Gasteiger partial charge in [-0.3, -0.25) is 4.79 Å². The van der Waals surface area contributed by atoms with Crippen LogP contribution in [0.15, 0.2) is 0 Å². The fraction of sp³-hybridized carbons (Fsp3) is 0.778. The Morgan fingerprint density at radius 3 is 2.53 bits per heavy atom. The maximum Gasteiger partial charge on any atom is 0.329 e. The summed E-state index contributed by atoms with van der Waals surface area (Å²) >= 11 is 0. The third kappa shape index (κ3) is 6.87. The predicted octanol–water partition coefficient (Wildman–Crippen LogP) is -0.813. The summed E-state index contributed by atoms with van der Waals surface area (Å²) in [6.45, 7) is 3.79. The minimum atomic E-state index is -1.03. The largest absolute Gasteiger partial charge is 0.480 e. The highest BCUT2D eigenvalue weighted by molar-refractivity contribution is 5.81. The Bertz CT molecular complexity index is 218. The fourth-order valence-electron chi connectivity index (χ4n) is 0.826. The van der Waals surface area contributed by atoms with E-state index in [2.05, 4.69) is 5.32 Å². The van der Waals surface area contributed by atoms with Crippen molar-refractivity contribution in [2.45, 2.75) is 19.9 Å². The van der Waals surface area contributed by atoms with E-state index < -0.39 is 12.0 Å². The van der Waals surface area contributed by atoms with Crippen molar-refractivity contribution in [3.63, 3.8) is 0 Å². The van der Waals surface area contributed by atoms with Crippen LogP contribution in [-0.4, -0.2) is 42.8 Å². The molecular weight excluding hydrogens is 200 g/mol. The molecule has 0 unspecified atom stereocenters. The van der Waals surface area contributed by atoms with Crippen LogP contribution in [0.2, 0.25) is 0 Å². The van der Waals surface area contributed by atoms with Gasteiger partial charge in [-0.25, -0.2) is 4.79 Å². The molecule has 0 saturated carbocycles.